The van der Waals surface area contributed by atoms with Crippen LogP contribution in [-0.2, 0) is 0 Å². The molecule has 0 N–H and O–H groups in total. The van der Waals surface area contributed by atoms with Crippen LogP contribution in [0, 0.1) is 5.82 Å². The molecule has 2 aromatic rings. The molecule has 0 aliphatic carbocycles. The van der Waals surface area contributed by atoms with Gasteiger partial charge < -0.3 is 4.90 Å². The van der Waals surface area contributed by atoms with Crippen molar-refractivity contribution in [1.82, 2.24) is 14.8 Å². The van der Waals surface area contributed by atoms with Crippen LogP contribution >= 0.6 is 15.9 Å². The second-order valence-electron chi connectivity index (χ2n) is 5.91. The molecule has 126 valence electrons. The van der Waals surface area contributed by atoms with Gasteiger partial charge >= 0.3 is 0 Å². The van der Waals surface area contributed by atoms with E-state index in [1.807, 2.05) is 17.2 Å². The average Bonchev–Trinajstić information content (AvgIpc) is 2.61. The molecule has 0 radical (unpaired) electrons. The van der Waals surface area contributed by atoms with Crippen LogP contribution in [0.2, 0.25) is 0 Å². The molecule has 1 atom stereocenters. The molecule has 1 saturated heterocycles. The normalized spacial score (nSPS) is 16.9. The number of halogens is 2. The van der Waals surface area contributed by atoms with E-state index in [-0.39, 0.29) is 17.8 Å². The van der Waals surface area contributed by atoms with Crippen LogP contribution in [0.5, 0.6) is 0 Å². The lowest BCUT2D eigenvalue weighted by Gasteiger charge is -2.38. The Balaban J connectivity index is 1.63. The van der Waals surface area contributed by atoms with Crippen molar-refractivity contribution in [3.05, 3.63) is 64.1 Å². The van der Waals surface area contributed by atoms with Crippen LogP contribution in [0.25, 0.3) is 0 Å². The smallest absolute Gasteiger partial charge is 0.255 e. The standard InChI is InChI=1S/C18H19BrFN3O/c1-13(14-3-2-6-21-12-14)22-7-9-23(10-8-22)18(24)16-5-4-15(20)11-17(16)19/h2-6,11-13H,7-10H2,1H3/t13-/m1/s1. The zero-order valence-electron chi connectivity index (χ0n) is 13.5. The fourth-order valence-electron chi connectivity index (χ4n) is 2.98. The van der Waals surface area contributed by atoms with E-state index < -0.39 is 0 Å². The van der Waals surface area contributed by atoms with Crippen LogP contribution in [0.3, 0.4) is 0 Å². The van der Waals surface area contributed by atoms with E-state index in [0.29, 0.717) is 23.1 Å². The molecule has 0 unspecified atom stereocenters. The van der Waals surface area contributed by atoms with E-state index in [9.17, 15) is 9.18 Å². The maximum Gasteiger partial charge on any atom is 0.255 e. The van der Waals surface area contributed by atoms with E-state index in [1.165, 1.54) is 23.8 Å². The molecule has 1 aromatic heterocycles. The lowest BCUT2D eigenvalue weighted by Crippen LogP contribution is -2.49. The summed E-state index contributed by atoms with van der Waals surface area (Å²) in [5.41, 5.74) is 1.68. The third-order valence-corrected chi connectivity index (χ3v) is 5.13. The summed E-state index contributed by atoms with van der Waals surface area (Å²) >= 11 is 3.28. The molecule has 1 aromatic carbocycles. The van der Waals surface area contributed by atoms with E-state index in [1.54, 1.807) is 6.20 Å². The van der Waals surface area contributed by atoms with Gasteiger partial charge in [0.2, 0.25) is 0 Å². The minimum absolute atomic E-state index is 0.0597. The van der Waals surface area contributed by atoms with Crippen molar-refractivity contribution in [2.45, 2.75) is 13.0 Å². The van der Waals surface area contributed by atoms with Crippen molar-refractivity contribution in [2.24, 2.45) is 0 Å². The number of aromatic nitrogens is 1. The van der Waals surface area contributed by atoms with Crippen LogP contribution in [0.4, 0.5) is 4.39 Å². The predicted molar refractivity (Wildman–Crippen MR) is 94.2 cm³/mol. The molecule has 4 nitrogen and oxygen atoms in total. The van der Waals surface area contributed by atoms with Crippen molar-refractivity contribution in [1.29, 1.82) is 0 Å². The Kier molecular flexibility index (Phi) is 5.26. The van der Waals surface area contributed by atoms with Gasteiger partial charge in [-0.2, -0.15) is 0 Å². The van der Waals surface area contributed by atoms with E-state index >= 15 is 0 Å². The van der Waals surface area contributed by atoms with Crippen molar-refractivity contribution >= 4 is 21.8 Å². The topological polar surface area (TPSA) is 36.4 Å². The Bertz CT molecular complexity index is 717. The monoisotopic (exact) mass is 391 g/mol. The number of rotatable bonds is 3. The fourth-order valence-corrected chi connectivity index (χ4v) is 3.50. The number of hydrogen-bond acceptors (Lipinski definition) is 3. The molecule has 1 aliphatic rings. The van der Waals surface area contributed by atoms with Gasteiger partial charge in [0.15, 0.2) is 0 Å². The summed E-state index contributed by atoms with van der Waals surface area (Å²) in [6, 6.07) is 8.47. The molecule has 2 heterocycles. The number of piperazine rings is 1. The number of carbonyl (C=O) groups excluding carboxylic acids is 1. The lowest BCUT2D eigenvalue weighted by atomic mass is 10.1. The molecule has 0 saturated carbocycles. The van der Waals surface area contributed by atoms with Crippen molar-refractivity contribution in [2.75, 3.05) is 26.2 Å². The molecule has 3 rings (SSSR count). The molecular formula is C18H19BrFN3O. The van der Waals surface area contributed by atoms with Gasteiger partial charge in [-0.15, -0.1) is 0 Å². The third-order valence-electron chi connectivity index (χ3n) is 4.48. The van der Waals surface area contributed by atoms with Crippen LogP contribution in [0.1, 0.15) is 28.9 Å². The summed E-state index contributed by atoms with van der Waals surface area (Å²) in [5, 5.41) is 0. The number of pyridine rings is 1. The van der Waals surface area contributed by atoms with Gasteiger partial charge in [0.1, 0.15) is 5.82 Å². The molecule has 1 aliphatic heterocycles. The van der Waals surface area contributed by atoms with Crippen LogP contribution < -0.4 is 0 Å². The summed E-state index contributed by atoms with van der Waals surface area (Å²) in [5.74, 6) is -0.413. The van der Waals surface area contributed by atoms with Crippen molar-refractivity contribution < 1.29 is 9.18 Å². The first-order valence-electron chi connectivity index (χ1n) is 7.94. The van der Waals surface area contributed by atoms with Crippen LogP contribution in [-0.4, -0.2) is 46.9 Å². The maximum absolute atomic E-state index is 13.2. The fraction of sp³-hybridized carbons (Fsp3) is 0.333. The summed E-state index contributed by atoms with van der Waals surface area (Å²) in [6.07, 6.45) is 3.66. The molecule has 0 bridgehead atoms. The molecule has 24 heavy (non-hydrogen) atoms. The Morgan fingerprint density at radius 3 is 2.62 bits per heavy atom. The maximum atomic E-state index is 13.2. The predicted octanol–water partition coefficient (Wildman–Crippen LogP) is 3.50. The molecule has 1 fully saturated rings. The summed E-state index contributed by atoms with van der Waals surface area (Å²) in [4.78, 5) is 21.0. The second kappa shape index (κ2) is 7.40. The number of hydrogen-bond donors (Lipinski definition) is 0. The minimum atomic E-state index is -0.353. The highest BCUT2D eigenvalue weighted by atomic mass is 79.9. The number of carbonyl (C=O) groups is 1. The molecular weight excluding hydrogens is 373 g/mol. The van der Waals surface area contributed by atoms with Gasteiger partial charge in [0, 0.05) is 49.1 Å². The Labute approximate surface area is 149 Å². The Morgan fingerprint density at radius 2 is 2.00 bits per heavy atom. The summed E-state index contributed by atoms with van der Waals surface area (Å²) in [7, 11) is 0. The van der Waals surface area contributed by atoms with Gasteiger partial charge in [-0.05, 0) is 52.7 Å². The van der Waals surface area contributed by atoms with Gasteiger partial charge in [0.25, 0.3) is 5.91 Å². The van der Waals surface area contributed by atoms with Crippen LogP contribution in [0.15, 0.2) is 47.2 Å². The third kappa shape index (κ3) is 3.65. The summed E-state index contributed by atoms with van der Waals surface area (Å²) < 4.78 is 13.7. The molecule has 0 spiro atoms. The second-order valence-corrected chi connectivity index (χ2v) is 6.77. The molecule has 6 heteroatoms. The SMILES string of the molecule is C[C@H](c1cccnc1)N1CCN(C(=O)c2ccc(F)cc2Br)CC1. The number of nitrogens with zero attached hydrogens (tertiary/aromatic N) is 3. The van der Waals surface area contributed by atoms with Gasteiger partial charge in [0.05, 0.1) is 5.56 Å². The van der Waals surface area contributed by atoms with Gasteiger partial charge in [-0.3, -0.25) is 14.7 Å². The Hall–Kier alpha value is -1.79. The van der Waals surface area contributed by atoms with Gasteiger partial charge in [-0.25, -0.2) is 4.39 Å². The highest BCUT2D eigenvalue weighted by Crippen LogP contribution is 2.23. The van der Waals surface area contributed by atoms with Crippen molar-refractivity contribution in [3.8, 4) is 0 Å². The highest BCUT2D eigenvalue weighted by molar-refractivity contribution is 9.10. The quantitative estimate of drug-likeness (QED) is 0.803. The zero-order chi connectivity index (χ0) is 17.1. The Morgan fingerprint density at radius 1 is 1.25 bits per heavy atom. The van der Waals surface area contributed by atoms with E-state index in [2.05, 4.69) is 38.8 Å². The molecule has 1 amide bonds. The first kappa shape index (κ1) is 17.0. The average molecular weight is 392 g/mol. The van der Waals surface area contributed by atoms with E-state index in [4.69, 9.17) is 0 Å². The number of benzene rings is 1. The first-order valence-corrected chi connectivity index (χ1v) is 8.74. The van der Waals surface area contributed by atoms with Gasteiger partial charge in [-0.1, -0.05) is 6.07 Å². The number of amides is 1. The lowest BCUT2D eigenvalue weighted by molar-refractivity contribution is 0.0581. The van der Waals surface area contributed by atoms with E-state index in [0.717, 1.165) is 13.1 Å². The largest absolute Gasteiger partial charge is 0.336 e. The van der Waals surface area contributed by atoms with Crippen molar-refractivity contribution in [3.63, 3.8) is 0 Å². The minimum Gasteiger partial charge on any atom is -0.336 e. The zero-order valence-corrected chi connectivity index (χ0v) is 15.0. The summed E-state index contributed by atoms with van der Waals surface area (Å²) in [6.45, 7) is 5.09. The first-order chi connectivity index (χ1) is 11.6. The highest BCUT2D eigenvalue weighted by Gasteiger charge is 2.26.